The zero-order valence-corrected chi connectivity index (χ0v) is 36.3. The minimum atomic E-state index is -4.46. The van der Waals surface area contributed by atoms with E-state index in [2.05, 4.69) is 38.6 Å². The molecule has 2 aliphatic heterocycles. The van der Waals surface area contributed by atoms with E-state index in [0.29, 0.717) is 31.8 Å². The number of benzene rings is 3. The molecule has 2 N–H and O–H groups in total. The fourth-order valence-corrected chi connectivity index (χ4v) is 10.1. The van der Waals surface area contributed by atoms with Crippen molar-refractivity contribution in [1.29, 1.82) is 0 Å². The number of alkyl halides is 2. The summed E-state index contributed by atoms with van der Waals surface area (Å²) in [7, 11) is -4.46. The van der Waals surface area contributed by atoms with Gasteiger partial charge in [-0.3, -0.25) is 24.7 Å². The topological polar surface area (TPSA) is 137 Å². The van der Waals surface area contributed by atoms with Gasteiger partial charge in [0.15, 0.2) is 0 Å². The van der Waals surface area contributed by atoms with Gasteiger partial charge < -0.3 is 15.0 Å². The SMILES string of the molecule is CC1(C)CCC(CN2CCN(c3ccc(C(=O)NS(=O)(=O)c4ccc(N[C@H](CCN5CCOCC5)CSc5ccccc5)c([N+](=O)[O-])c4)cc3)CC2)=C(CCCC(F)F)C1. The van der Waals surface area contributed by atoms with Crippen LogP contribution in [0, 0.1) is 15.5 Å². The summed E-state index contributed by atoms with van der Waals surface area (Å²) < 4.78 is 60.2. The number of rotatable bonds is 19. The molecule has 12 nitrogen and oxygen atoms in total. The van der Waals surface area contributed by atoms with Crippen LogP contribution in [0.15, 0.2) is 93.7 Å². The molecule has 0 radical (unpaired) electrons. The molecule has 3 aromatic carbocycles. The maximum Gasteiger partial charge on any atom is 0.293 e. The summed E-state index contributed by atoms with van der Waals surface area (Å²) in [6, 6.07) is 20.1. The average Bonchev–Trinajstić information content (AvgIpc) is 3.23. The van der Waals surface area contributed by atoms with Crippen molar-refractivity contribution in [1.82, 2.24) is 14.5 Å². The van der Waals surface area contributed by atoms with Crippen molar-refractivity contribution in [3.8, 4) is 0 Å². The minimum absolute atomic E-state index is 0.0598. The fraction of sp³-hybridized carbons (Fsp3) is 0.523. The molecule has 2 heterocycles. The van der Waals surface area contributed by atoms with E-state index in [1.54, 1.807) is 36.0 Å². The number of anilines is 2. The molecule has 3 aliphatic rings. The lowest BCUT2D eigenvalue weighted by Gasteiger charge is -2.39. The van der Waals surface area contributed by atoms with Crippen LogP contribution in [0.1, 0.15) is 69.2 Å². The number of sulfonamides is 1. The number of carbonyl (C=O) groups is 1. The van der Waals surface area contributed by atoms with Crippen LogP contribution < -0.4 is 14.9 Å². The average molecular weight is 869 g/mol. The predicted molar refractivity (Wildman–Crippen MR) is 234 cm³/mol. The number of ether oxygens (including phenoxy) is 1. The number of hydrogen-bond acceptors (Lipinski definition) is 11. The second kappa shape index (κ2) is 21.1. The Balaban J connectivity index is 1.05. The number of nitrogens with one attached hydrogen (secondary N) is 2. The summed E-state index contributed by atoms with van der Waals surface area (Å²) in [5, 5.41) is 15.6. The zero-order valence-electron chi connectivity index (χ0n) is 34.6. The van der Waals surface area contributed by atoms with Gasteiger partial charge in [-0.15, -0.1) is 11.8 Å². The Morgan fingerprint density at radius 3 is 2.33 bits per heavy atom. The fourth-order valence-electron chi connectivity index (χ4n) is 8.13. The van der Waals surface area contributed by atoms with Gasteiger partial charge in [0.05, 0.1) is 23.0 Å². The molecule has 0 bridgehead atoms. The maximum absolute atomic E-state index is 13.4. The molecule has 6 rings (SSSR count). The normalized spacial score (nSPS) is 18.4. The lowest BCUT2D eigenvalue weighted by molar-refractivity contribution is -0.384. The summed E-state index contributed by atoms with van der Waals surface area (Å²) in [5.41, 5.74) is 3.79. The van der Waals surface area contributed by atoms with Crippen molar-refractivity contribution in [3.63, 3.8) is 0 Å². The minimum Gasteiger partial charge on any atom is -0.379 e. The summed E-state index contributed by atoms with van der Waals surface area (Å²) in [4.78, 5) is 32.5. The lowest BCUT2D eigenvalue weighted by Crippen LogP contribution is -2.47. The third-order valence-corrected chi connectivity index (χ3v) is 14.1. The molecule has 3 aromatic rings. The molecule has 16 heteroatoms. The molecule has 1 atom stereocenters. The highest BCUT2D eigenvalue weighted by molar-refractivity contribution is 7.99. The van der Waals surface area contributed by atoms with Crippen molar-refractivity contribution in [3.05, 3.63) is 99.6 Å². The van der Waals surface area contributed by atoms with Crippen LogP contribution in [0.25, 0.3) is 0 Å². The smallest absolute Gasteiger partial charge is 0.293 e. The molecule has 1 amide bonds. The third-order valence-electron chi connectivity index (χ3n) is 11.6. The van der Waals surface area contributed by atoms with Crippen LogP contribution in [0.3, 0.4) is 0 Å². The Kier molecular flexibility index (Phi) is 16.0. The Bertz CT molecular complexity index is 2040. The first-order chi connectivity index (χ1) is 28.7. The van der Waals surface area contributed by atoms with Gasteiger partial charge in [0, 0.05) is 92.8 Å². The van der Waals surface area contributed by atoms with E-state index < -0.39 is 33.0 Å². The van der Waals surface area contributed by atoms with Crippen LogP contribution in [-0.4, -0.2) is 113 Å². The van der Waals surface area contributed by atoms with Gasteiger partial charge in [-0.2, -0.15) is 0 Å². The van der Waals surface area contributed by atoms with Gasteiger partial charge in [0.1, 0.15) is 5.69 Å². The van der Waals surface area contributed by atoms with Gasteiger partial charge in [-0.1, -0.05) is 43.2 Å². The van der Waals surface area contributed by atoms with Gasteiger partial charge in [0.25, 0.3) is 21.6 Å². The summed E-state index contributed by atoms with van der Waals surface area (Å²) in [6.45, 7) is 12.3. The standard InChI is InChI=1S/C44H58F2N6O6S2/c1-44(2)19-17-35(34(30-44)7-6-10-42(45)46)31-50-21-23-51(24-22-50)37-13-11-33(12-14-37)43(53)48-60(56,57)39-15-16-40(41(29-39)52(54)55)47-36(18-20-49-25-27-58-28-26-49)32-59-38-8-4-3-5-9-38/h3-5,8-9,11-16,29,36,42,47H,6-7,10,17-28,30-32H2,1-2H3,(H,48,53)/t36-/m1/s1. The number of nitro benzene ring substituents is 1. The van der Waals surface area contributed by atoms with Crippen LogP contribution in [0.4, 0.5) is 25.8 Å². The van der Waals surface area contributed by atoms with Crippen molar-refractivity contribution in [2.45, 2.75) is 81.1 Å². The van der Waals surface area contributed by atoms with E-state index >= 15 is 0 Å². The summed E-state index contributed by atoms with van der Waals surface area (Å²) >= 11 is 1.64. The van der Waals surface area contributed by atoms with Crippen LogP contribution >= 0.6 is 11.8 Å². The number of carbonyl (C=O) groups excluding carboxylic acids is 1. The highest BCUT2D eigenvalue weighted by Crippen LogP contribution is 2.41. The third kappa shape index (κ3) is 13.2. The Morgan fingerprint density at radius 1 is 0.933 bits per heavy atom. The molecule has 2 fully saturated rings. The highest BCUT2D eigenvalue weighted by atomic mass is 32.2. The Labute approximate surface area is 357 Å². The predicted octanol–water partition coefficient (Wildman–Crippen LogP) is 8.07. The molecule has 0 unspecified atom stereocenters. The summed E-state index contributed by atoms with van der Waals surface area (Å²) in [5.74, 6) is -0.214. The van der Waals surface area contributed by atoms with Gasteiger partial charge >= 0.3 is 0 Å². The summed E-state index contributed by atoms with van der Waals surface area (Å²) in [6.07, 6.45) is 2.68. The molecule has 1 aliphatic carbocycles. The number of thioether (sulfide) groups is 1. The van der Waals surface area contributed by atoms with E-state index in [4.69, 9.17) is 4.74 Å². The number of allylic oxidation sites excluding steroid dienone is 1. The monoisotopic (exact) mass is 868 g/mol. The number of amides is 1. The van der Waals surface area contributed by atoms with Crippen molar-refractivity contribution in [2.75, 3.05) is 81.5 Å². The number of nitro groups is 1. The molecule has 0 aromatic heterocycles. The molecule has 2 saturated heterocycles. The second-order valence-corrected chi connectivity index (χ2v) is 19.5. The number of morpholine rings is 1. The highest BCUT2D eigenvalue weighted by Gasteiger charge is 2.29. The van der Waals surface area contributed by atoms with Crippen LogP contribution in [0.5, 0.6) is 0 Å². The Morgan fingerprint density at radius 2 is 1.65 bits per heavy atom. The number of halogens is 2. The largest absolute Gasteiger partial charge is 0.379 e. The number of hydrogen-bond donors (Lipinski definition) is 2. The maximum atomic E-state index is 13.4. The van der Waals surface area contributed by atoms with E-state index in [-0.39, 0.29) is 34.0 Å². The molecular weight excluding hydrogens is 811 g/mol. The molecular formula is C44H58F2N6O6S2. The van der Waals surface area contributed by atoms with Crippen molar-refractivity contribution < 1.29 is 31.7 Å². The number of nitrogens with zero attached hydrogens (tertiary/aromatic N) is 4. The van der Waals surface area contributed by atoms with E-state index in [0.717, 1.165) is 94.7 Å². The first-order valence-electron chi connectivity index (χ1n) is 20.9. The van der Waals surface area contributed by atoms with E-state index in [1.807, 2.05) is 30.3 Å². The van der Waals surface area contributed by atoms with Crippen molar-refractivity contribution in [2.24, 2.45) is 5.41 Å². The van der Waals surface area contributed by atoms with E-state index in [1.165, 1.54) is 23.3 Å². The first kappa shape index (κ1) is 45.4. The Hall–Kier alpha value is -4.09. The molecule has 60 heavy (non-hydrogen) atoms. The van der Waals surface area contributed by atoms with Gasteiger partial charge in [0.2, 0.25) is 6.43 Å². The molecule has 0 spiro atoms. The van der Waals surface area contributed by atoms with Crippen molar-refractivity contribution >= 4 is 44.8 Å². The lowest BCUT2D eigenvalue weighted by atomic mass is 9.73. The first-order valence-corrected chi connectivity index (χ1v) is 23.4. The van der Waals surface area contributed by atoms with Gasteiger partial charge in [-0.05, 0) is 92.5 Å². The number of piperazine rings is 1. The van der Waals surface area contributed by atoms with Crippen LogP contribution in [-0.2, 0) is 14.8 Å². The van der Waals surface area contributed by atoms with E-state index in [9.17, 15) is 32.1 Å². The quantitative estimate of drug-likeness (QED) is 0.0524. The van der Waals surface area contributed by atoms with Crippen LogP contribution in [0.2, 0.25) is 0 Å². The second-order valence-electron chi connectivity index (χ2n) is 16.7. The van der Waals surface area contributed by atoms with Gasteiger partial charge in [-0.25, -0.2) is 21.9 Å². The zero-order chi connectivity index (χ0) is 42.7. The molecule has 0 saturated carbocycles. The molecule has 326 valence electrons.